The molecule has 0 bridgehead atoms. The molecule has 0 radical (unpaired) electrons. The summed E-state index contributed by atoms with van der Waals surface area (Å²) in [6, 6.07) is 15.6. The summed E-state index contributed by atoms with van der Waals surface area (Å²) in [5, 5.41) is 82.0. The highest BCUT2D eigenvalue weighted by Crippen LogP contribution is 2.39. The number of rotatable bonds is 9. The van der Waals surface area contributed by atoms with Crippen molar-refractivity contribution in [3.63, 3.8) is 0 Å². The van der Waals surface area contributed by atoms with E-state index in [0.717, 1.165) is 70.4 Å². The normalized spacial score (nSPS) is 11.4. The van der Waals surface area contributed by atoms with Gasteiger partial charge in [0.2, 0.25) is 0 Å². The predicted molar refractivity (Wildman–Crippen MR) is 303 cm³/mol. The van der Waals surface area contributed by atoms with Gasteiger partial charge in [-0.1, -0.05) is 35.0 Å². The highest BCUT2D eigenvalue weighted by atomic mass is 35.5. The molecular formula is C48H25Cl2F5N20O4S5. The van der Waals surface area contributed by atoms with E-state index in [1.165, 1.54) is 36.3 Å². The molecule has 9 aromatic heterocycles. The molecule has 0 aliphatic heterocycles. The fraction of sp³-hybridized carbons (Fsp3) is 0.0417. The van der Waals surface area contributed by atoms with Gasteiger partial charge in [-0.2, -0.15) is 32.1 Å². The number of aromatic hydroxyl groups is 4. The Labute approximate surface area is 495 Å². The van der Waals surface area contributed by atoms with Crippen LogP contribution in [0.1, 0.15) is 11.3 Å². The maximum absolute atomic E-state index is 13.5. The van der Waals surface area contributed by atoms with Crippen LogP contribution in [-0.4, -0.2) is 79.1 Å². The van der Waals surface area contributed by atoms with E-state index < -0.39 is 46.5 Å². The molecule has 4 N–H and O–H groups in total. The fourth-order valence-corrected chi connectivity index (χ4v) is 9.56. The van der Waals surface area contributed by atoms with Crippen LogP contribution in [0.15, 0.2) is 138 Å². The molecule has 0 aliphatic carbocycles. The number of phenolic OH excluding ortho intramolecular Hbond substituents is 3. The first-order valence-corrected chi connectivity index (χ1v) is 27.7. The fourth-order valence-electron chi connectivity index (χ4n) is 6.31. The lowest BCUT2D eigenvalue weighted by atomic mass is 10.2. The van der Waals surface area contributed by atoms with Crippen LogP contribution >= 0.6 is 81.1 Å². The third-order valence-corrected chi connectivity index (χ3v) is 14.5. The highest BCUT2D eigenvalue weighted by molar-refractivity contribution is 7.98. The van der Waals surface area contributed by atoms with E-state index in [9.17, 15) is 27.1 Å². The average Bonchev–Trinajstić information content (AvgIpc) is 3.86. The van der Waals surface area contributed by atoms with Gasteiger partial charge in [0.25, 0.3) is 5.95 Å². The van der Waals surface area contributed by atoms with E-state index in [1.54, 1.807) is 43.7 Å². The maximum Gasteiger partial charge on any atom is 0.257 e. The lowest BCUT2D eigenvalue weighted by molar-refractivity contribution is 0.396. The Morgan fingerprint density at radius 2 is 1.17 bits per heavy atom. The molecule has 0 saturated carbocycles. The van der Waals surface area contributed by atoms with Crippen LogP contribution in [0, 0.1) is 47.5 Å². The number of halogens is 7. The molecular weight excluding hydrogens is 1250 g/mol. The van der Waals surface area contributed by atoms with Crippen molar-refractivity contribution in [1.82, 2.24) is 52.4 Å². The van der Waals surface area contributed by atoms with Crippen LogP contribution in [0.5, 0.6) is 23.0 Å². The van der Waals surface area contributed by atoms with Crippen LogP contribution in [0.3, 0.4) is 0 Å². The van der Waals surface area contributed by atoms with E-state index in [1.807, 2.05) is 6.26 Å². The zero-order valence-corrected chi connectivity index (χ0v) is 47.2. The number of hydrogen-bond acceptors (Lipinski definition) is 29. The molecule has 3 aromatic carbocycles. The summed E-state index contributed by atoms with van der Waals surface area (Å²) in [4.78, 5) is 27.9. The van der Waals surface area contributed by atoms with Crippen LogP contribution in [-0.2, 0) is 0 Å². The predicted octanol–water partition coefficient (Wildman–Crippen LogP) is 16.3. The number of thioether (sulfide) groups is 1. The number of nitrogens with zero attached hydrogens (tertiary/aromatic N) is 20. The van der Waals surface area contributed by atoms with Crippen molar-refractivity contribution in [2.45, 2.75) is 12.1 Å². The highest BCUT2D eigenvalue weighted by Gasteiger charge is 2.15. The van der Waals surface area contributed by atoms with E-state index in [0.29, 0.717) is 92.3 Å². The summed E-state index contributed by atoms with van der Waals surface area (Å²) < 4.78 is 82.5. The molecule has 36 heteroatoms. The second kappa shape index (κ2) is 26.6. The third kappa shape index (κ3) is 14.0. The Kier molecular flexibility index (Phi) is 18.7. The van der Waals surface area contributed by atoms with Gasteiger partial charge in [0.15, 0.2) is 94.1 Å². The molecule has 12 aromatic rings. The molecule has 0 atom stereocenters. The first-order valence-electron chi connectivity index (χ1n) is 22.6. The van der Waals surface area contributed by atoms with Crippen LogP contribution in [0.4, 0.5) is 64.8 Å². The Hall–Kier alpha value is -9.50. The molecule has 84 heavy (non-hydrogen) atoms. The summed E-state index contributed by atoms with van der Waals surface area (Å²) >= 11 is 17.5. The van der Waals surface area contributed by atoms with Gasteiger partial charge in [-0.05, 0) is 95.7 Å². The lowest BCUT2D eigenvalue weighted by Gasteiger charge is -2.00. The molecule has 0 amide bonds. The molecule has 420 valence electrons. The minimum Gasteiger partial charge on any atom is -0.506 e. The summed E-state index contributed by atoms with van der Waals surface area (Å²) in [5.41, 5.74) is 3.07. The molecule has 12 rings (SSSR count). The minimum absolute atomic E-state index is 0.0497. The molecule has 9 heterocycles. The first kappa shape index (κ1) is 59.1. The number of azo groups is 4. The van der Waals surface area contributed by atoms with Crippen LogP contribution in [0.25, 0.3) is 44.1 Å². The van der Waals surface area contributed by atoms with Gasteiger partial charge in [0, 0.05) is 48.9 Å². The van der Waals surface area contributed by atoms with E-state index in [-0.39, 0.29) is 33.0 Å². The SMILES string of the molecule is CSc1ncc2c(N=Nc3cc(F)c(O)c(F)c3)snc2n1.Cc1nc2nsc(N=Nc3cc(Cl)c(O)cc3Cl)c2cc1C#N.Oc1cc(F)c(N=Nc2snc3ncccc23)cc1F.Oc1ccc(N=Nc2snc3ncncc23)nc1F. The van der Waals surface area contributed by atoms with E-state index in [4.69, 9.17) is 43.8 Å². The Morgan fingerprint density at radius 1 is 0.548 bits per heavy atom. The summed E-state index contributed by atoms with van der Waals surface area (Å²) in [6.07, 6.45) is 7.98. The van der Waals surface area contributed by atoms with Crippen molar-refractivity contribution in [3.8, 4) is 29.1 Å². The van der Waals surface area contributed by atoms with Gasteiger partial charge in [0.05, 0.1) is 48.5 Å². The molecule has 0 aliphatic rings. The number of aryl methyl sites for hydroxylation is 1. The molecule has 0 fully saturated rings. The second-order valence-electron chi connectivity index (χ2n) is 15.8. The average molecular weight is 1270 g/mol. The van der Waals surface area contributed by atoms with Crippen molar-refractivity contribution in [2.75, 3.05) is 6.26 Å². The third-order valence-electron chi connectivity index (χ3n) is 10.4. The molecule has 24 nitrogen and oxygen atoms in total. The van der Waals surface area contributed by atoms with Gasteiger partial charge in [-0.25, -0.2) is 47.5 Å². The number of phenols is 3. The van der Waals surface area contributed by atoms with Crippen molar-refractivity contribution in [1.29, 1.82) is 5.26 Å². The Bertz CT molecular complexity index is 4600. The van der Waals surface area contributed by atoms with E-state index >= 15 is 0 Å². The number of hydrogen-bond donors (Lipinski definition) is 4. The van der Waals surface area contributed by atoms with Crippen molar-refractivity contribution in [2.24, 2.45) is 40.9 Å². The maximum atomic E-state index is 13.5. The molecule has 0 spiro atoms. The Balaban J connectivity index is 0.000000135. The number of benzene rings is 3. The first-order chi connectivity index (χ1) is 40.5. The number of fused-ring (bicyclic) bond motifs is 4. The van der Waals surface area contributed by atoms with Crippen molar-refractivity contribution >= 4 is 168 Å². The summed E-state index contributed by atoms with van der Waals surface area (Å²) in [6.45, 7) is 1.75. The van der Waals surface area contributed by atoms with Gasteiger partial charge in [-0.3, -0.25) is 0 Å². The van der Waals surface area contributed by atoms with Crippen LogP contribution < -0.4 is 0 Å². The zero-order chi connectivity index (χ0) is 59.6. The standard InChI is InChI=1S/C14H7Cl2N5OS.C12H7F2N5OS2.C12H6F2N4OS.C10H5FN6OS/c1-6-7(5-17)2-8-13(18-6)21-23-14(8)20-19-11-3-10(16)12(22)4-9(11)15;1-21-12-15-4-6-10(16-12)19-22-11(6)18-17-5-2-7(13)9(20)8(14)3-5;13-7-5-10(19)8(14)4-9(7)16-17-12-6-2-1-3-15-11(6)18-20-12;11-8-6(18)1-2-7(14-8)15-16-10-5-3-12-4-13-9(5)17-19-10/h2-4,22H,1H3;2-4,20H,1H3;1-5,19H;1-4,18H. The number of pyridine rings is 3. The lowest BCUT2D eigenvalue weighted by Crippen LogP contribution is -1.87. The monoisotopic (exact) mass is 1270 g/mol. The smallest absolute Gasteiger partial charge is 0.257 e. The molecule has 0 saturated heterocycles. The minimum atomic E-state index is -1.10. The van der Waals surface area contributed by atoms with Gasteiger partial charge in [0.1, 0.15) is 29.5 Å². The van der Waals surface area contributed by atoms with E-state index in [2.05, 4.69) is 99.4 Å². The number of nitriles is 1. The van der Waals surface area contributed by atoms with Crippen molar-refractivity contribution < 1.29 is 42.4 Å². The zero-order valence-electron chi connectivity index (χ0n) is 41.6. The topological polar surface area (TPSA) is 345 Å². The Morgan fingerprint density at radius 3 is 1.86 bits per heavy atom. The summed E-state index contributed by atoms with van der Waals surface area (Å²) in [7, 11) is 0. The molecule has 0 unspecified atom stereocenters. The second-order valence-corrected chi connectivity index (χ2v) is 20.4. The summed E-state index contributed by atoms with van der Waals surface area (Å²) in [5.74, 6) is -7.44. The van der Waals surface area contributed by atoms with Gasteiger partial charge < -0.3 is 20.4 Å². The van der Waals surface area contributed by atoms with Crippen molar-refractivity contribution in [3.05, 3.63) is 142 Å². The van der Waals surface area contributed by atoms with Gasteiger partial charge >= 0.3 is 0 Å². The quantitative estimate of drug-likeness (QED) is 0.0343. The van der Waals surface area contributed by atoms with Crippen LogP contribution in [0.2, 0.25) is 10.0 Å². The number of aromatic nitrogens is 11. The largest absolute Gasteiger partial charge is 0.506 e. The van der Waals surface area contributed by atoms with Gasteiger partial charge in [-0.15, -0.1) is 40.9 Å².